The van der Waals surface area contributed by atoms with Crippen molar-refractivity contribution < 1.29 is 22.5 Å². The minimum Gasteiger partial charge on any atom is -0.460 e. The molecule has 0 spiro atoms. The molecule has 7 heteroatoms. The number of carbonyl (C=O) groups excluding carboxylic acids is 1. The van der Waals surface area contributed by atoms with E-state index in [-0.39, 0.29) is 10.9 Å². The Morgan fingerprint density at radius 1 is 1.07 bits per heavy atom. The molecule has 0 aromatic heterocycles. The molecule has 0 aliphatic heterocycles. The molecule has 0 unspecified atom stereocenters. The summed E-state index contributed by atoms with van der Waals surface area (Å²) in [5.41, 5.74) is 1.99. The quantitative estimate of drug-likeness (QED) is 0.564. The number of carbonyl (C=O) groups is 1. The first-order valence-corrected chi connectivity index (χ1v) is 10.8. The molecular formula is C21H27NO5S. The van der Waals surface area contributed by atoms with Gasteiger partial charge in [0.25, 0.3) is 10.1 Å². The monoisotopic (exact) mass is 405 g/mol. The summed E-state index contributed by atoms with van der Waals surface area (Å²) in [7, 11) is -4.02. The van der Waals surface area contributed by atoms with Gasteiger partial charge in [-0.3, -0.25) is 9.35 Å². The van der Waals surface area contributed by atoms with E-state index in [1.54, 1.807) is 12.1 Å². The third-order valence-corrected chi connectivity index (χ3v) is 5.32. The first-order chi connectivity index (χ1) is 13.3. The lowest BCUT2D eigenvalue weighted by molar-refractivity contribution is -0.144. The van der Waals surface area contributed by atoms with Crippen LogP contribution in [0.15, 0.2) is 59.5 Å². The Morgan fingerprint density at radius 2 is 1.68 bits per heavy atom. The fraction of sp³-hybridized carbons (Fsp3) is 0.381. The molecule has 0 radical (unpaired) electrons. The van der Waals surface area contributed by atoms with Crippen LogP contribution in [0.25, 0.3) is 0 Å². The molecule has 3 rings (SSSR count). The Morgan fingerprint density at radius 3 is 2.25 bits per heavy atom. The van der Waals surface area contributed by atoms with Crippen molar-refractivity contribution in [3.8, 4) is 0 Å². The van der Waals surface area contributed by atoms with Crippen LogP contribution in [0, 0.1) is 6.92 Å². The van der Waals surface area contributed by atoms with Crippen LogP contribution < -0.4 is 5.32 Å². The van der Waals surface area contributed by atoms with Gasteiger partial charge in [-0.05, 0) is 37.5 Å². The van der Waals surface area contributed by atoms with E-state index in [1.807, 2.05) is 37.3 Å². The fourth-order valence-corrected chi connectivity index (χ4v) is 3.34. The zero-order chi connectivity index (χ0) is 20.4. The number of rotatable bonds is 6. The van der Waals surface area contributed by atoms with Gasteiger partial charge in [0, 0.05) is 6.04 Å². The number of nitrogens with one attached hydrogen (secondary N) is 1. The lowest BCUT2D eigenvalue weighted by atomic mass is 10.2. The Hall–Kier alpha value is -2.22. The summed E-state index contributed by atoms with van der Waals surface area (Å²) in [5.74, 6) is -0.166. The summed E-state index contributed by atoms with van der Waals surface area (Å²) in [6, 6.07) is 16.3. The summed E-state index contributed by atoms with van der Waals surface area (Å²) in [6.45, 7) is 2.54. The Balaban J connectivity index is 0.000000221. The van der Waals surface area contributed by atoms with Gasteiger partial charge in [-0.2, -0.15) is 8.42 Å². The van der Waals surface area contributed by atoms with Gasteiger partial charge < -0.3 is 10.1 Å². The number of esters is 1. The molecule has 28 heavy (non-hydrogen) atoms. The van der Waals surface area contributed by atoms with E-state index in [4.69, 9.17) is 9.29 Å². The molecule has 2 aromatic rings. The maximum Gasteiger partial charge on any atom is 0.320 e. The third-order valence-electron chi connectivity index (χ3n) is 4.45. The topological polar surface area (TPSA) is 92.7 Å². The second-order valence-electron chi connectivity index (χ2n) is 6.80. The van der Waals surface area contributed by atoms with Gasteiger partial charge in [-0.25, -0.2) is 0 Å². The molecular weight excluding hydrogens is 378 g/mol. The van der Waals surface area contributed by atoms with Crippen LogP contribution in [0.5, 0.6) is 0 Å². The van der Waals surface area contributed by atoms with Crippen molar-refractivity contribution in [1.82, 2.24) is 5.32 Å². The highest BCUT2D eigenvalue weighted by Crippen LogP contribution is 2.17. The van der Waals surface area contributed by atoms with E-state index < -0.39 is 10.1 Å². The number of benzene rings is 2. The molecule has 0 heterocycles. The van der Waals surface area contributed by atoms with Gasteiger partial charge in [0.1, 0.15) is 6.61 Å². The second-order valence-corrected chi connectivity index (χ2v) is 8.22. The smallest absolute Gasteiger partial charge is 0.320 e. The van der Waals surface area contributed by atoms with Crippen LogP contribution in [-0.2, 0) is 26.3 Å². The van der Waals surface area contributed by atoms with Crippen LogP contribution in [0.1, 0.15) is 36.8 Å². The number of ether oxygens (including phenoxy) is 1. The second kappa shape index (κ2) is 10.9. The highest BCUT2D eigenvalue weighted by molar-refractivity contribution is 7.85. The normalized spacial score (nSPS) is 14.2. The maximum atomic E-state index is 11.5. The SMILES string of the molecule is Cc1ccc(S(=O)(=O)O)cc1.O=C(CNC1CCCC1)OCc1ccccc1. The van der Waals surface area contributed by atoms with Gasteiger partial charge >= 0.3 is 5.97 Å². The van der Waals surface area contributed by atoms with Crippen LogP contribution in [0.4, 0.5) is 0 Å². The van der Waals surface area contributed by atoms with E-state index >= 15 is 0 Å². The van der Waals surface area contributed by atoms with Gasteiger partial charge in [0.05, 0.1) is 11.4 Å². The van der Waals surface area contributed by atoms with Gasteiger partial charge in [0.15, 0.2) is 0 Å². The van der Waals surface area contributed by atoms with Crippen molar-refractivity contribution in [1.29, 1.82) is 0 Å². The van der Waals surface area contributed by atoms with Crippen molar-refractivity contribution in [3.63, 3.8) is 0 Å². The Labute approximate surface area is 166 Å². The number of hydrogen-bond acceptors (Lipinski definition) is 5. The molecule has 0 saturated heterocycles. The first-order valence-electron chi connectivity index (χ1n) is 9.31. The molecule has 0 amide bonds. The van der Waals surface area contributed by atoms with E-state index in [1.165, 1.54) is 37.8 Å². The summed E-state index contributed by atoms with van der Waals surface area (Å²) in [6.07, 6.45) is 4.92. The largest absolute Gasteiger partial charge is 0.460 e. The predicted octanol–water partition coefficient (Wildman–Crippen LogP) is 3.50. The van der Waals surface area contributed by atoms with Crippen molar-refractivity contribution in [2.75, 3.05) is 6.54 Å². The predicted molar refractivity (Wildman–Crippen MR) is 107 cm³/mol. The molecule has 6 nitrogen and oxygen atoms in total. The van der Waals surface area contributed by atoms with E-state index in [9.17, 15) is 13.2 Å². The molecule has 1 aliphatic rings. The highest BCUT2D eigenvalue weighted by atomic mass is 32.2. The van der Waals surface area contributed by atoms with Crippen LogP contribution in [-0.4, -0.2) is 31.5 Å². The number of hydrogen-bond donors (Lipinski definition) is 2. The fourth-order valence-electron chi connectivity index (χ4n) is 2.86. The van der Waals surface area contributed by atoms with Gasteiger partial charge in [-0.15, -0.1) is 0 Å². The number of aryl methyl sites for hydroxylation is 1. The molecule has 1 aliphatic carbocycles. The molecule has 0 bridgehead atoms. The van der Waals surface area contributed by atoms with E-state index in [0.29, 0.717) is 19.2 Å². The Kier molecular flexibility index (Phi) is 8.63. The molecule has 2 N–H and O–H groups in total. The molecule has 1 fully saturated rings. The van der Waals surface area contributed by atoms with Crippen LogP contribution >= 0.6 is 0 Å². The van der Waals surface area contributed by atoms with Crippen molar-refractivity contribution in [2.45, 2.75) is 50.2 Å². The minimum atomic E-state index is -4.02. The summed E-state index contributed by atoms with van der Waals surface area (Å²) in [4.78, 5) is 11.4. The van der Waals surface area contributed by atoms with Crippen LogP contribution in [0.2, 0.25) is 0 Å². The summed E-state index contributed by atoms with van der Waals surface area (Å²) < 4.78 is 34.7. The van der Waals surface area contributed by atoms with Crippen molar-refractivity contribution in [3.05, 3.63) is 65.7 Å². The Bertz CT molecular complexity index is 829. The molecule has 1 saturated carbocycles. The first kappa shape index (κ1) is 22.1. The van der Waals surface area contributed by atoms with Gasteiger partial charge in [-0.1, -0.05) is 60.9 Å². The lowest BCUT2D eigenvalue weighted by Gasteiger charge is -2.11. The van der Waals surface area contributed by atoms with E-state index in [2.05, 4.69) is 5.32 Å². The standard InChI is InChI=1S/C14H19NO2.C7H8O3S/c16-14(10-15-13-8-4-5-9-13)17-11-12-6-2-1-3-7-12;1-6-2-4-7(5-3-6)11(8,9)10/h1-3,6-7,13,15H,4-5,8-11H2;2-5H,1H3,(H,8,9,10). The average Bonchev–Trinajstić information content (AvgIpc) is 3.19. The van der Waals surface area contributed by atoms with Crippen molar-refractivity contribution in [2.24, 2.45) is 0 Å². The molecule has 0 atom stereocenters. The average molecular weight is 406 g/mol. The van der Waals surface area contributed by atoms with E-state index in [0.717, 1.165) is 11.1 Å². The molecule has 152 valence electrons. The van der Waals surface area contributed by atoms with Gasteiger partial charge in [0.2, 0.25) is 0 Å². The minimum absolute atomic E-state index is 0.0666. The van der Waals surface area contributed by atoms with Crippen LogP contribution in [0.3, 0.4) is 0 Å². The van der Waals surface area contributed by atoms with Crippen molar-refractivity contribution >= 4 is 16.1 Å². The zero-order valence-electron chi connectivity index (χ0n) is 16.0. The summed E-state index contributed by atoms with van der Waals surface area (Å²) in [5, 5.41) is 3.24. The third kappa shape index (κ3) is 8.21. The lowest BCUT2D eigenvalue weighted by Crippen LogP contribution is -2.32. The highest BCUT2D eigenvalue weighted by Gasteiger charge is 2.15. The maximum absolute atomic E-state index is 11.5. The zero-order valence-corrected chi connectivity index (χ0v) is 16.8. The summed E-state index contributed by atoms with van der Waals surface area (Å²) >= 11 is 0. The molecule has 2 aromatic carbocycles.